The predicted molar refractivity (Wildman–Crippen MR) is 50.2 cm³/mol. The maximum absolute atomic E-state index is 12.3. The number of hydrogen-bond acceptors (Lipinski definition) is 3. The van der Waals surface area contributed by atoms with Crippen molar-refractivity contribution in [2.24, 2.45) is 0 Å². The molecule has 0 saturated carbocycles. The maximum Gasteiger partial charge on any atom is 0.434 e. The zero-order valence-electron chi connectivity index (χ0n) is 9.30. The van der Waals surface area contributed by atoms with Gasteiger partial charge >= 0.3 is 12.4 Å². The number of hydrogen-bond donors (Lipinski definition) is 0. The Kier molecular flexibility index (Phi) is 3.93. The highest BCUT2D eigenvalue weighted by atomic mass is 19.4. The van der Waals surface area contributed by atoms with Crippen molar-refractivity contribution in [3.05, 3.63) is 23.4 Å². The van der Waals surface area contributed by atoms with Crippen LogP contribution >= 0.6 is 0 Å². The molecule has 0 amide bonds. The second kappa shape index (κ2) is 4.95. The van der Waals surface area contributed by atoms with Crippen LogP contribution in [0.5, 0.6) is 5.88 Å². The molecular weight excluding hydrogens is 278 g/mol. The molecule has 0 bridgehead atoms. The summed E-state index contributed by atoms with van der Waals surface area (Å²) in [5, 5.41) is 8.60. The molecular formula is C10H6F6N2O. The van der Waals surface area contributed by atoms with Gasteiger partial charge in [-0.1, -0.05) is 0 Å². The highest BCUT2D eigenvalue weighted by Crippen LogP contribution is 2.36. The maximum atomic E-state index is 12.3. The van der Waals surface area contributed by atoms with Gasteiger partial charge in [0.2, 0.25) is 5.88 Å². The number of pyridine rings is 1. The fraction of sp³-hybridized carbons (Fsp3) is 0.400. The van der Waals surface area contributed by atoms with Crippen LogP contribution in [0.15, 0.2) is 12.1 Å². The van der Waals surface area contributed by atoms with Crippen molar-refractivity contribution in [2.45, 2.75) is 25.4 Å². The van der Waals surface area contributed by atoms with Crippen LogP contribution in [0.4, 0.5) is 26.3 Å². The molecule has 1 heterocycles. The lowest BCUT2D eigenvalue weighted by molar-refractivity contribution is -0.300. The molecule has 0 saturated heterocycles. The molecule has 0 aliphatic rings. The quantitative estimate of drug-likeness (QED) is 0.784. The Hall–Kier alpha value is -1.98. The van der Waals surface area contributed by atoms with Gasteiger partial charge in [-0.05, 0) is 19.1 Å². The minimum Gasteiger partial charge on any atom is -0.454 e. The van der Waals surface area contributed by atoms with Crippen molar-refractivity contribution in [2.75, 3.05) is 0 Å². The van der Waals surface area contributed by atoms with E-state index in [9.17, 15) is 26.3 Å². The Labute approximate surface area is 103 Å². The first-order valence-electron chi connectivity index (χ1n) is 4.73. The van der Waals surface area contributed by atoms with Crippen molar-refractivity contribution in [1.82, 2.24) is 4.98 Å². The van der Waals surface area contributed by atoms with E-state index in [4.69, 9.17) is 5.26 Å². The summed E-state index contributed by atoms with van der Waals surface area (Å²) in [6.45, 7) is 1.34. The summed E-state index contributed by atoms with van der Waals surface area (Å²) in [7, 11) is 0. The van der Waals surface area contributed by atoms with E-state index in [1.807, 2.05) is 0 Å². The average molecular weight is 284 g/mol. The van der Waals surface area contributed by atoms with Gasteiger partial charge in [-0.2, -0.15) is 31.6 Å². The largest absolute Gasteiger partial charge is 0.454 e. The van der Waals surface area contributed by atoms with E-state index in [0.717, 1.165) is 6.07 Å². The molecule has 0 radical (unpaired) electrons. The highest BCUT2D eigenvalue weighted by Gasteiger charge is 2.59. The second-order valence-corrected chi connectivity index (χ2v) is 3.50. The molecule has 3 nitrogen and oxygen atoms in total. The number of ether oxygens (including phenoxy) is 1. The van der Waals surface area contributed by atoms with E-state index in [-0.39, 0.29) is 5.69 Å². The smallest absolute Gasteiger partial charge is 0.434 e. The number of aromatic nitrogens is 1. The Balaban J connectivity index is 3.18. The molecule has 0 aromatic carbocycles. The molecule has 0 aliphatic heterocycles. The SMILES string of the molecule is Cc1ccc(C#N)c(OC(C(F)(F)F)C(F)(F)F)n1. The first-order valence-corrected chi connectivity index (χ1v) is 4.73. The van der Waals surface area contributed by atoms with Gasteiger partial charge in [-0.15, -0.1) is 0 Å². The standard InChI is InChI=1S/C10H6F6N2O/c1-5-2-3-6(4-17)7(18-5)19-8(9(11,12)13)10(14,15)16/h2-3,8H,1H3. The summed E-state index contributed by atoms with van der Waals surface area (Å²) >= 11 is 0. The average Bonchev–Trinajstić information content (AvgIpc) is 2.23. The minimum absolute atomic E-state index is 0.122. The van der Waals surface area contributed by atoms with Crippen LogP contribution in [0.3, 0.4) is 0 Å². The second-order valence-electron chi connectivity index (χ2n) is 3.50. The number of nitriles is 1. The lowest BCUT2D eigenvalue weighted by Gasteiger charge is -2.23. The van der Waals surface area contributed by atoms with E-state index >= 15 is 0 Å². The van der Waals surface area contributed by atoms with Crippen LogP contribution in [0.25, 0.3) is 0 Å². The first-order chi connectivity index (χ1) is 8.55. The number of halogens is 6. The van der Waals surface area contributed by atoms with E-state index in [0.29, 0.717) is 0 Å². The van der Waals surface area contributed by atoms with Crippen LogP contribution in [0.2, 0.25) is 0 Å². The minimum atomic E-state index is -5.66. The summed E-state index contributed by atoms with van der Waals surface area (Å²) in [6.07, 6.45) is -15.3. The number of rotatable bonds is 2. The van der Waals surface area contributed by atoms with E-state index in [1.165, 1.54) is 19.1 Å². The molecule has 0 fully saturated rings. The summed E-state index contributed by atoms with van der Waals surface area (Å²) in [5.74, 6) is -0.998. The van der Waals surface area contributed by atoms with Crippen molar-refractivity contribution in [1.29, 1.82) is 5.26 Å². The van der Waals surface area contributed by atoms with Gasteiger partial charge in [-0.25, -0.2) is 4.98 Å². The molecule has 1 aromatic heterocycles. The van der Waals surface area contributed by atoms with Gasteiger partial charge in [0.05, 0.1) is 0 Å². The number of aryl methyl sites for hydroxylation is 1. The van der Waals surface area contributed by atoms with Gasteiger partial charge in [0.15, 0.2) is 0 Å². The van der Waals surface area contributed by atoms with Crippen molar-refractivity contribution in [3.63, 3.8) is 0 Å². The predicted octanol–water partition coefficient (Wildman–Crippen LogP) is 3.13. The molecule has 0 spiro atoms. The zero-order valence-corrected chi connectivity index (χ0v) is 9.30. The van der Waals surface area contributed by atoms with E-state index in [2.05, 4.69) is 9.72 Å². The van der Waals surface area contributed by atoms with Crippen molar-refractivity contribution >= 4 is 0 Å². The molecule has 1 rings (SSSR count). The lowest BCUT2D eigenvalue weighted by Crippen LogP contribution is -2.46. The summed E-state index contributed by atoms with van der Waals surface area (Å²) in [4.78, 5) is 3.37. The molecule has 1 aromatic rings. The third-order valence-electron chi connectivity index (χ3n) is 1.94. The fourth-order valence-corrected chi connectivity index (χ4v) is 1.14. The number of nitrogens with zero attached hydrogens (tertiary/aromatic N) is 2. The van der Waals surface area contributed by atoms with Gasteiger partial charge < -0.3 is 4.74 Å². The molecule has 9 heteroatoms. The summed E-state index contributed by atoms with van der Waals surface area (Å²) in [6, 6.07) is 3.70. The van der Waals surface area contributed by atoms with Gasteiger partial charge in [0, 0.05) is 5.69 Å². The molecule has 0 aliphatic carbocycles. The zero-order chi connectivity index (χ0) is 14.8. The van der Waals surface area contributed by atoms with Gasteiger partial charge in [-0.3, -0.25) is 0 Å². The Morgan fingerprint density at radius 3 is 2.11 bits per heavy atom. The van der Waals surface area contributed by atoms with Crippen molar-refractivity contribution in [3.8, 4) is 11.9 Å². The normalized spacial score (nSPS) is 12.4. The monoisotopic (exact) mass is 284 g/mol. The summed E-state index contributed by atoms with van der Waals surface area (Å²) in [5.41, 5.74) is -0.388. The molecule has 104 valence electrons. The highest BCUT2D eigenvalue weighted by molar-refractivity contribution is 5.38. The third-order valence-corrected chi connectivity index (χ3v) is 1.94. The third kappa shape index (κ3) is 3.74. The summed E-state index contributed by atoms with van der Waals surface area (Å²) < 4.78 is 77.6. The Bertz CT molecular complexity index is 488. The van der Waals surface area contributed by atoms with E-state index < -0.39 is 29.9 Å². The van der Waals surface area contributed by atoms with Crippen LogP contribution in [-0.2, 0) is 0 Å². The van der Waals surface area contributed by atoms with Crippen LogP contribution in [-0.4, -0.2) is 23.4 Å². The molecule has 0 atom stereocenters. The van der Waals surface area contributed by atoms with Crippen LogP contribution in [0, 0.1) is 18.3 Å². The van der Waals surface area contributed by atoms with Crippen LogP contribution < -0.4 is 4.74 Å². The molecule has 0 N–H and O–H groups in total. The topological polar surface area (TPSA) is 45.9 Å². The fourth-order valence-electron chi connectivity index (χ4n) is 1.14. The number of alkyl halides is 6. The Morgan fingerprint density at radius 1 is 1.16 bits per heavy atom. The first kappa shape index (κ1) is 15.1. The van der Waals surface area contributed by atoms with Gasteiger partial charge in [0.25, 0.3) is 6.10 Å². The Morgan fingerprint density at radius 2 is 1.68 bits per heavy atom. The lowest BCUT2D eigenvalue weighted by atomic mass is 10.2. The van der Waals surface area contributed by atoms with Gasteiger partial charge in [0.1, 0.15) is 11.6 Å². The molecule has 0 unspecified atom stereocenters. The van der Waals surface area contributed by atoms with Crippen LogP contribution in [0.1, 0.15) is 11.3 Å². The van der Waals surface area contributed by atoms with Crippen molar-refractivity contribution < 1.29 is 31.1 Å². The van der Waals surface area contributed by atoms with E-state index in [1.54, 1.807) is 0 Å². The molecule has 19 heavy (non-hydrogen) atoms.